The lowest BCUT2D eigenvalue weighted by Crippen LogP contribution is -3.14. The molecule has 2 amide bonds. The molecule has 142 valence electrons. The van der Waals surface area contributed by atoms with E-state index >= 15 is 0 Å². The largest absolute Gasteiger partial charge is 0.351 e. The van der Waals surface area contributed by atoms with Crippen LogP contribution in [0.2, 0.25) is 0 Å². The Balaban J connectivity index is 1.86. The first-order valence-corrected chi connectivity index (χ1v) is 9.07. The average Bonchev–Trinajstić information content (AvgIpc) is 2.68. The van der Waals surface area contributed by atoms with Gasteiger partial charge in [-0.05, 0) is 50.2 Å². The molecular formula is C20H26N5O2+. The number of carbonyl (C=O) groups excluding carboxylic acids is 2. The monoisotopic (exact) mass is 368 g/mol. The fourth-order valence-corrected chi connectivity index (χ4v) is 2.45. The standard InChI is InChI=1S/C20H25N5O2/c1-3-21-19(26)14-25(4-2)15-20(27)22-16-10-12-18(13-11-16)24-23-17-8-6-5-7-9-17/h5-13H,3-4,14-15H2,1-2H3,(H,21,26)(H,22,27)/p+1. The molecule has 1 atom stereocenters. The summed E-state index contributed by atoms with van der Waals surface area (Å²) in [7, 11) is 0. The highest BCUT2D eigenvalue weighted by Gasteiger charge is 2.16. The molecular weight excluding hydrogens is 342 g/mol. The molecule has 0 aliphatic carbocycles. The second-order valence-corrected chi connectivity index (χ2v) is 6.04. The number of nitrogens with one attached hydrogen (secondary N) is 3. The van der Waals surface area contributed by atoms with Crippen molar-refractivity contribution in [2.75, 3.05) is 31.5 Å². The Bertz CT molecular complexity index is 760. The maximum absolute atomic E-state index is 12.2. The molecule has 0 saturated carbocycles. The van der Waals surface area contributed by atoms with Crippen LogP contribution in [-0.4, -0.2) is 38.0 Å². The van der Waals surface area contributed by atoms with Gasteiger partial charge in [-0.3, -0.25) is 9.59 Å². The third-order valence-corrected chi connectivity index (χ3v) is 3.88. The van der Waals surface area contributed by atoms with E-state index in [2.05, 4.69) is 20.9 Å². The van der Waals surface area contributed by atoms with Crippen LogP contribution in [-0.2, 0) is 9.59 Å². The molecule has 7 heteroatoms. The maximum atomic E-state index is 12.2. The van der Waals surface area contributed by atoms with Gasteiger partial charge < -0.3 is 15.5 Å². The van der Waals surface area contributed by atoms with Crippen molar-refractivity contribution in [1.29, 1.82) is 0 Å². The molecule has 27 heavy (non-hydrogen) atoms. The second-order valence-electron chi connectivity index (χ2n) is 6.04. The van der Waals surface area contributed by atoms with Gasteiger partial charge >= 0.3 is 0 Å². The molecule has 0 saturated heterocycles. The molecule has 2 rings (SSSR count). The Hall–Kier alpha value is -3.06. The van der Waals surface area contributed by atoms with Crippen LogP contribution in [0.3, 0.4) is 0 Å². The molecule has 0 spiro atoms. The summed E-state index contributed by atoms with van der Waals surface area (Å²) in [6.45, 7) is 5.65. The van der Waals surface area contributed by atoms with Crippen LogP contribution in [0.4, 0.5) is 17.1 Å². The summed E-state index contributed by atoms with van der Waals surface area (Å²) in [5, 5.41) is 13.9. The number of anilines is 1. The van der Waals surface area contributed by atoms with Crippen molar-refractivity contribution in [3.8, 4) is 0 Å². The van der Waals surface area contributed by atoms with Gasteiger partial charge in [0.25, 0.3) is 11.8 Å². The molecule has 0 bridgehead atoms. The summed E-state index contributed by atoms with van der Waals surface area (Å²) in [6, 6.07) is 16.6. The van der Waals surface area contributed by atoms with E-state index in [4.69, 9.17) is 0 Å². The molecule has 3 N–H and O–H groups in total. The smallest absolute Gasteiger partial charge is 0.279 e. The Morgan fingerprint density at radius 1 is 0.852 bits per heavy atom. The fraction of sp³-hybridized carbons (Fsp3) is 0.300. The van der Waals surface area contributed by atoms with Crippen molar-refractivity contribution in [3.63, 3.8) is 0 Å². The topological polar surface area (TPSA) is 87.4 Å². The number of hydrogen-bond donors (Lipinski definition) is 3. The van der Waals surface area contributed by atoms with Gasteiger partial charge in [0, 0.05) is 12.2 Å². The minimum absolute atomic E-state index is 0.0460. The van der Waals surface area contributed by atoms with Gasteiger partial charge in [0.1, 0.15) is 0 Å². The van der Waals surface area contributed by atoms with E-state index in [0.29, 0.717) is 24.5 Å². The van der Waals surface area contributed by atoms with Crippen LogP contribution < -0.4 is 15.5 Å². The normalized spacial score (nSPS) is 11.9. The third kappa shape index (κ3) is 7.37. The first kappa shape index (κ1) is 20.3. The molecule has 0 heterocycles. The van der Waals surface area contributed by atoms with Crippen molar-refractivity contribution in [2.45, 2.75) is 13.8 Å². The molecule has 0 aliphatic rings. The summed E-state index contributed by atoms with van der Waals surface area (Å²) in [5.74, 6) is -0.176. The average molecular weight is 368 g/mol. The zero-order valence-corrected chi connectivity index (χ0v) is 15.7. The van der Waals surface area contributed by atoms with Crippen molar-refractivity contribution < 1.29 is 14.5 Å². The van der Waals surface area contributed by atoms with Crippen LogP contribution in [0, 0.1) is 0 Å². The SMILES string of the molecule is CCNC(=O)C[NH+](CC)CC(=O)Nc1ccc(N=Nc2ccccc2)cc1. The molecule has 7 nitrogen and oxygen atoms in total. The van der Waals surface area contributed by atoms with Crippen LogP contribution in [0.25, 0.3) is 0 Å². The lowest BCUT2D eigenvalue weighted by molar-refractivity contribution is -0.881. The molecule has 0 aromatic heterocycles. The van der Waals surface area contributed by atoms with E-state index < -0.39 is 0 Å². The predicted octanol–water partition coefficient (Wildman–Crippen LogP) is 2.08. The van der Waals surface area contributed by atoms with E-state index in [9.17, 15) is 9.59 Å². The van der Waals surface area contributed by atoms with Gasteiger partial charge in [-0.25, -0.2) is 0 Å². The number of hydrogen-bond acceptors (Lipinski definition) is 4. The first-order chi connectivity index (χ1) is 13.1. The van der Waals surface area contributed by atoms with Crippen LogP contribution in [0.1, 0.15) is 13.8 Å². The quantitative estimate of drug-likeness (QED) is 0.592. The highest BCUT2D eigenvalue weighted by atomic mass is 16.2. The zero-order chi connectivity index (χ0) is 19.5. The van der Waals surface area contributed by atoms with Crippen LogP contribution in [0.5, 0.6) is 0 Å². The van der Waals surface area contributed by atoms with Gasteiger partial charge in [0.05, 0.1) is 17.9 Å². The summed E-state index contributed by atoms with van der Waals surface area (Å²) in [4.78, 5) is 24.8. The minimum Gasteiger partial charge on any atom is -0.351 e. The van der Waals surface area contributed by atoms with Crippen molar-refractivity contribution >= 4 is 28.9 Å². The first-order valence-electron chi connectivity index (χ1n) is 9.07. The maximum Gasteiger partial charge on any atom is 0.279 e. The van der Waals surface area contributed by atoms with Gasteiger partial charge in [0.2, 0.25) is 0 Å². The van der Waals surface area contributed by atoms with Crippen LogP contribution in [0.15, 0.2) is 64.8 Å². The number of quaternary nitrogens is 1. The molecule has 0 aliphatic heterocycles. The Labute approximate surface area is 159 Å². The Morgan fingerprint density at radius 3 is 2.04 bits per heavy atom. The Kier molecular flexibility index (Phi) is 8.12. The predicted molar refractivity (Wildman–Crippen MR) is 106 cm³/mol. The molecule has 0 fully saturated rings. The molecule has 1 unspecified atom stereocenters. The highest BCUT2D eigenvalue weighted by Crippen LogP contribution is 2.19. The summed E-state index contributed by atoms with van der Waals surface area (Å²) < 4.78 is 0. The van der Waals surface area contributed by atoms with E-state index in [0.717, 1.165) is 10.6 Å². The number of benzene rings is 2. The molecule has 0 radical (unpaired) electrons. The van der Waals surface area contributed by atoms with Crippen molar-refractivity contribution in [2.24, 2.45) is 10.2 Å². The number of likely N-dealkylation sites (N-methyl/N-ethyl adjacent to an activating group) is 2. The zero-order valence-electron chi connectivity index (χ0n) is 15.7. The second kappa shape index (κ2) is 10.8. The molecule has 2 aromatic carbocycles. The summed E-state index contributed by atoms with van der Waals surface area (Å²) >= 11 is 0. The van der Waals surface area contributed by atoms with E-state index in [-0.39, 0.29) is 24.9 Å². The van der Waals surface area contributed by atoms with Gasteiger partial charge in [-0.15, -0.1) is 0 Å². The third-order valence-electron chi connectivity index (χ3n) is 3.88. The van der Waals surface area contributed by atoms with Gasteiger partial charge in [-0.1, -0.05) is 18.2 Å². The number of azo groups is 1. The number of amides is 2. The molecule has 2 aromatic rings. The number of carbonyl (C=O) groups is 2. The summed E-state index contributed by atoms with van der Waals surface area (Å²) in [5.41, 5.74) is 2.17. The van der Waals surface area contributed by atoms with E-state index in [1.165, 1.54) is 0 Å². The van der Waals surface area contributed by atoms with Crippen molar-refractivity contribution in [3.05, 3.63) is 54.6 Å². The number of nitrogens with zero attached hydrogens (tertiary/aromatic N) is 2. The van der Waals surface area contributed by atoms with Crippen molar-refractivity contribution in [1.82, 2.24) is 5.32 Å². The number of rotatable bonds is 9. The summed E-state index contributed by atoms with van der Waals surface area (Å²) in [6.07, 6.45) is 0. The highest BCUT2D eigenvalue weighted by molar-refractivity contribution is 5.91. The van der Waals surface area contributed by atoms with Gasteiger partial charge in [0.15, 0.2) is 13.1 Å². The lowest BCUT2D eigenvalue weighted by atomic mass is 10.3. The lowest BCUT2D eigenvalue weighted by Gasteiger charge is -2.16. The Morgan fingerprint density at radius 2 is 1.44 bits per heavy atom. The van der Waals surface area contributed by atoms with E-state index in [1.54, 1.807) is 24.3 Å². The minimum atomic E-state index is -0.130. The van der Waals surface area contributed by atoms with Crippen LogP contribution >= 0.6 is 0 Å². The fourth-order valence-electron chi connectivity index (χ4n) is 2.45. The van der Waals surface area contributed by atoms with E-state index in [1.807, 2.05) is 44.2 Å². The van der Waals surface area contributed by atoms with Gasteiger partial charge in [-0.2, -0.15) is 10.2 Å².